The Morgan fingerprint density at radius 2 is 1.68 bits per heavy atom. The summed E-state index contributed by atoms with van der Waals surface area (Å²) in [6.45, 7) is 3.72. The van der Waals surface area contributed by atoms with Crippen molar-refractivity contribution in [3.8, 4) is 0 Å². The highest BCUT2D eigenvalue weighted by molar-refractivity contribution is 5.73. The number of azo groups is 1. The summed E-state index contributed by atoms with van der Waals surface area (Å²) in [4.78, 5) is 10.3. The third-order valence-electron chi connectivity index (χ3n) is 2.95. The van der Waals surface area contributed by atoms with Crippen molar-refractivity contribution in [3.05, 3.63) is 69.8 Å². The Morgan fingerprint density at radius 3 is 2.32 bits per heavy atom. The molecule has 0 aliphatic heterocycles. The van der Waals surface area contributed by atoms with E-state index in [1.54, 1.807) is 18.2 Å². The second-order valence-corrected chi connectivity index (χ2v) is 4.58. The molecule has 0 bridgehead atoms. The van der Waals surface area contributed by atoms with Gasteiger partial charge >= 0.3 is 5.96 Å². The number of para-hydroxylation sites is 1. The molecule has 112 valence electrons. The molecule has 0 spiro atoms. The van der Waals surface area contributed by atoms with Gasteiger partial charge in [-0.3, -0.25) is 0 Å². The molecule has 2 aromatic rings. The topological polar surface area (TPSA) is 92.2 Å². The summed E-state index contributed by atoms with van der Waals surface area (Å²) >= 11 is 0. The van der Waals surface area contributed by atoms with Crippen LogP contribution in [0.2, 0.25) is 0 Å². The summed E-state index contributed by atoms with van der Waals surface area (Å²) in [5.41, 5.74) is 5.67. The van der Waals surface area contributed by atoms with Gasteiger partial charge in [-0.1, -0.05) is 41.5 Å². The molecule has 0 radical (unpaired) electrons. The fourth-order valence-electron chi connectivity index (χ4n) is 1.68. The average Bonchev–Trinajstić information content (AvgIpc) is 2.50. The lowest BCUT2D eigenvalue weighted by molar-refractivity contribution is -0.352. The van der Waals surface area contributed by atoms with Gasteiger partial charge in [0.15, 0.2) is 0 Å². The lowest BCUT2D eigenvalue weighted by atomic mass is 10.2. The SMILES string of the molecule is Cc1ccccc1N=N/C(=N/Nc1ccccc1C)[N+](=O)[O-]. The molecule has 0 atom stereocenters. The van der Waals surface area contributed by atoms with Gasteiger partial charge in [0.05, 0.1) is 10.8 Å². The van der Waals surface area contributed by atoms with Gasteiger partial charge in [-0.25, -0.2) is 5.43 Å². The quantitative estimate of drug-likeness (QED) is 0.304. The number of nitrogens with zero attached hydrogens (tertiary/aromatic N) is 4. The zero-order valence-electron chi connectivity index (χ0n) is 12.2. The average molecular weight is 297 g/mol. The molecule has 7 nitrogen and oxygen atoms in total. The molecular formula is C15H15N5O2. The normalized spacial score (nSPS) is 11.6. The summed E-state index contributed by atoms with van der Waals surface area (Å²) in [7, 11) is 0. The number of benzene rings is 2. The molecule has 0 aliphatic carbocycles. The summed E-state index contributed by atoms with van der Waals surface area (Å²) in [6, 6.07) is 14.6. The summed E-state index contributed by atoms with van der Waals surface area (Å²) in [6.07, 6.45) is 0. The number of rotatable bonds is 3. The third kappa shape index (κ3) is 3.95. The Bertz CT molecular complexity index is 740. The number of hydrazone groups is 1. The Labute approximate surface area is 127 Å². The molecule has 22 heavy (non-hydrogen) atoms. The Hall–Kier alpha value is -3.09. The first-order valence-corrected chi connectivity index (χ1v) is 6.59. The smallest absolute Gasteiger partial charge is 0.390 e. The predicted molar refractivity (Wildman–Crippen MR) is 84.9 cm³/mol. The first kappa shape index (κ1) is 15.3. The van der Waals surface area contributed by atoms with Crippen LogP contribution >= 0.6 is 0 Å². The number of nitrogens with one attached hydrogen (secondary N) is 1. The van der Waals surface area contributed by atoms with Crippen molar-refractivity contribution < 1.29 is 4.92 Å². The molecule has 0 saturated heterocycles. The monoisotopic (exact) mass is 297 g/mol. The second kappa shape index (κ2) is 7.07. The summed E-state index contributed by atoms with van der Waals surface area (Å²) in [5, 5.41) is 22.2. The van der Waals surface area contributed by atoms with Crippen molar-refractivity contribution in [2.45, 2.75) is 13.8 Å². The van der Waals surface area contributed by atoms with Gasteiger partial charge in [-0.05, 0) is 42.0 Å². The summed E-state index contributed by atoms with van der Waals surface area (Å²) in [5.74, 6) is -0.605. The maximum Gasteiger partial charge on any atom is 0.511 e. The van der Waals surface area contributed by atoms with Crippen LogP contribution in [-0.4, -0.2) is 10.9 Å². The molecule has 0 heterocycles. The van der Waals surface area contributed by atoms with Crippen molar-refractivity contribution in [2.24, 2.45) is 15.3 Å². The molecule has 2 rings (SSSR count). The molecule has 2 aromatic carbocycles. The van der Waals surface area contributed by atoms with Crippen LogP contribution in [0.15, 0.2) is 63.9 Å². The van der Waals surface area contributed by atoms with Crippen LogP contribution in [0.5, 0.6) is 0 Å². The minimum atomic E-state index is -0.687. The molecule has 0 amide bonds. The number of nitro groups is 1. The van der Waals surface area contributed by atoms with Crippen LogP contribution in [0.1, 0.15) is 11.1 Å². The Kier molecular flexibility index (Phi) is 4.92. The van der Waals surface area contributed by atoms with Crippen molar-refractivity contribution in [2.75, 3.05) is 5.43 Å². The van der Waals surface area contributed by atoms with Crippen molar-refractivity contribution in [3.63, 3.8) is 0 Å². The van der Waals surface area contributed by atoms with E-state index in [2.05, 4.69) is 20.8 Å². The molecule has 0 fully saturated rings. The molecule has 0 saturated carbocycles. The number of hydrogen-bond donors (Lipinski definition) is 1. The molecule has 1 N–H and O–H groups in total. The van der Waals surface area contributed by atoms with Crippen LogP contribution in [0, 0.1) is 24.0 Å². The van der Waals surface area contributed by atoms with Crippen LogP contribution in [0.25, 0.3) is 0 Å². The second-order valence-electron chi connectivity index (χ2n) is 4.58. The first-order chi connectivity index (χ1) is 10.6. The molecular weight excluding hydrogens is 282 g/mol. The largest absolute Gasteiger partial charge is 0.511 e. The van der Waals surface area contributed by atoms with Crippen LogP contribution in [0.3, 0.4) is 0 Å². The van der Waals surface area contributed by atoms with Gasteiger partial charge in [0.2, 0.25) is 0 Å². The van der Waals surface area contributed by atoms with Gasteiger partial charge in [0, 0.05) is 5.10 Å². The number of anilines is 1. The van der Waals surface area contributed by atoms with Gasteiger partial charge < -0.3 is 10.1 Å². The predicted octanol–water partition coefficient (Wildman–Crippen LogP) is 4.05. The zero-order chi connectivity index (χ0) is 15.9. The van der Waals surface area contributed by atoms with E-state index in [-0.39, 0.29) is 0 Å². The minimum absolute atomic E-state index is 0.563. The van der Waals surface area contributed by atoms with Crippen LogP contribution < -0.4 is 5.43 Å². The van der Waals surface area contributed by atoms with Crippen LogP contribution in [-0.2, 0) is 0 Å². The highest BCUT2D eigenvalue weighted by Gasteiger charge is 2.12. The fraction of sp³-hybridized carbons (Fsp3) is 0.133. The van der Waals surface area contributed by atoms with E-state index in [1.807, 2.05) is 44.2 Å². The number of aryl methyl sites for hydroxylation is 2. The molecule has 0 aliphatic rings. The lowest BCUT2D eigenvalue weighted by Gasteiger charge is -2.00. The van der Waals surface area contributed by atoms with Gasteiger partial charge in [0.25, 0.3) is 0 Å². The van der Waals surface area contributed by atoms with E-state index in [1.165, 1.54) is 0 Å². The van der Waals surface area contributed by atoms with Gasteiger partial charge in [-0.15, -0.1) is 0 Å². The Balaban J connectivity index is 2.20. The molecule has 0 unspecified atom stereocenters. The van der Waals surface area contributed by atoms with E-state index in [4.69, 9.17) is 0 Å². The highest BCUT2D eigenvalue weighted by Crippen LogP contribution is 2.17. The van der Waals surface area contributed by atoms with E-state index in [0.29, 0.717) is 11.4 Å². The van der Waals surface area contributed by atoms with Crippen molar-refractivity contribution in [1.29, 1.82) is 0 Å². The van der Waals surface area contributed by atoms with E-state index < -0.39 is 10.9 Å². The standard InChI is InChI=1S/C15H15N5O2/c1-11-7-3-5-9-13(11)16-18-15(20(21)22)19-17-14-10-6-4-8-12(14)2/h3-10,16H,1-2H3/b18-15-,19-17?. The highest BCUT2D eigenvalue weighted by atomic mass is 16.6. The van der Waals surface area contributed by atoms with Gasteiger partial charge in [0.1, 0.15) is 5.69 Å². The zero-order valence-corrected chi connectivity index (χ0v) is 12.2. The minimum Gasteiger partial charge on any atom is -0.390 e. The molecule has 7 heteroatoms. The van der Waals surface area contributed by atoms with Crippen molar-refractivity contribution in [1.82, 2.24) is 0 Å². The molecule has 0 aromatic heterocycles. The first-order valence-electron chi connectivity index (χ1n) is 6.59. The third-order valence-corrected chi connectivity index (χ3v) is 2.95. The fourth-order valence-corrected chi connectivity index (χ4v) is 1.68. The van der Waals surface area contributed by atoms with E-state index in [0.717, 1.165) is 11.1 Å². The van der Waals surface area contributed by atoms with E-state index in [9.17, 15) is 10.1 Å². The van der Waals surface area contributed by atoms with Crippen LogP contribution in [0.4, 0.5) is 11.4 Å². The van der Waals surface area contributed by atoms with E-state index >= 15 is 0 Å². The summed E-state index contributed by atoms with van der Waals surface area (Å²) < 4.78 is 0. The number of guanidine groups is 1. The lowest BCUT2D eigenvalue weighted by Crippen LogP contribution is -2.10. The number of hydrogen-bond acceptors (Lipinski definition) is 5. The maximum absolute atomic E-state index is 11.0. The van der Waals surface area contributed by atoms with Gasteiger partial charge in [-0.2, -0.15) is 0 Å². The van der Waals surface area contributed by atoms with Crippen molar-refractivity contribution >= 4 is 17.3 Å². The Morgan fingerprint density at radius 1 is 1.05 bits per heavy atom. The maximum atomic E-state index is 11.0.